The van der Waals surface area contributed by atoms with Gasteiger partial charge in [0.05, 0.1) is 4.88 Å². The van der Waals surface area contributed by atoms with E-state index in [4.69, 9.17) is 0 Å². The van der Waals surface area contributed by atoms with Crippen LogP contribution < -0.4 is 5.32 Å². The molecule has 2 aromatic rings. The minimum absolute atomic E-state index is 0.101. The van der Waals surface area contributed by atoms with Gasteiger partial charge in [-0.2, -0.15) is 0 Å². The second-order valence-corrected chi connectivity index (χ2v) is 6.22. The Bertz CT molecular complexity index is 528. The summed E-state index contributed by atoms with van der Waals surface area (Å²) in [6, 6.07) is 4.25. The Morgan fingerprint density at radius 2 is 2.18 bits per heavy atom. The van der Waals surface area contributed by atoms with Gasteiger partial charge >= 0.3 is 0 Å². The average molecular weight is 266 g/mol. The summed E-state index contributed by atoms with van der Waals surface area (Å²) in [5.41, 5.74) is 0.504. The van der Waals surface area contributed by atoms with Gasteiger partial charge in [0.15, 0.2) is 0 Å². The fraction of sp³-hybridized carbons (Fsp3) is 0.333. The van der Waals surface area contributed by atoms with E-state index in [0.29, 0.717) is 5.69 Å². The molecule has 1 N–H and O–H groups in total. The van der Waals surface area contributed by atoms with Crippen LogP contribution in [0.3, 0.4) is 0 Å². The molecule has 0 fully saturated rings. The zero-order valence-electron chi connectivity index (χ0n) is 9.98. The lowest BCUT2D eigenvalue weighted by molar-refractivity contribution is 0.0939. The van der Waals surface area contributed by atoms with Crippen molar-refractivity contribution in [2.24, 2.45) is 0 Å². The summed E-state index contributed by atoms with van der Waals surface area (Å²) in [4.78, 5) is 18.5. The van der Waals surface area contributed by atoms with Crippen molar-refractivity contribution in [3.8, 4) is 9.88 Å². The first kappa shape index (κ1) is 12.3. The van der Waals surface area contributed by atoms with Gasteiger partial charge in [0.1, 0.15) is 10.7 Å². The molecule has 0 bridgehead atoms. The summed E-state index contributed by atoms with van der Waals surface area (Å²) in [6.45, 7) is 5.94. The highest BCUT2D eigenvalue weighted by atomic mass is 32.1. The number of aryl methyl sites for hydroxylation is 1. The van der Waals surface area contributed by atoms with Crippen LogP contribution in [-0.4, -0.2) is 16.9 Å². The van der Waals surface area contributed by atoms with Crippen molar-refractivity contribution in [2.75, 3.05) is 0 Å². The van der Waals surface area contributed by atoms with Gasteiger partial charge in [-0.15, -0.1) is 22.7 Å². The van der Waals surface area contributed by atoms with Crippen molar-refractivity contribution in [1.82, 2.24) is 10.3 Å². The van der Waals surface area contributed by atoms with Crippen molar-refractivity contribution in [1.29, 1.82) is 0 Å². The summed E-state index contributed by atoms with van der Waals surface area (Å²) in [5.74, 6) is -0.101. The molecule has 0 atom stereocenters. The van der Waals surface area contributed by atoms with Crippen molar-refractivity contribution in [3.63, 3.8) is 0 Å². The molecule has 90 valence electrons. The lowest BCUT2D eigenvalue weighted by Crippen LogP contribution is -2.30. The molecule has 0 aliphatic carbocycles. The first-order chi connectivity index (χ1) is 8.06. The first-order valence-electron chi connectivity index (χ1n) is 5.39. The molecule has 0 aliphatic rings. The number of carbonyl (C=O) groups excluding carboxylic acids is 1. The van der Waals surface area contributed by atoms with Crippen LogP contribution in [-0.2, 0) is 0 Å². The number of carbonyl (C=O) groups is 1. The van der Waals surface area contributed by atoms with E-state index in [1.165, 1.54) is 16.2 Å². The van der Waals surface area contributed by atoms with Crippen LogP contribution in [0.2, 0.25) is 0 Å². The largest absolute Gasteiger partial charge is 0.349 e. The van der Waals surface area contributed by atoms with E-state index in [9.17, 15) is 4.79 Å². The molecule has 1 amide bonds. The molecule has 0 aliphatic heterocycles. The number of amides is 1. The third-order valence-electron chi connectivity index (χ3n) is 2.11. The number of hydrogen-bond acceptors (Lipinski definition) is 4. The third-order valence-corrected chi connectivity index (χ3v) is 4.12. The van der Waals surface area contributed by atoms with Crippen LogP contribution in [0.5, 0.6) is 0 Å². The molecular weight excluding hydrogens is 252 g/mol. The molecule has 0 aromatic carbocycles. The lowest BCUT2D eigenvalue weighted by Gasteiger charge is -2.05. The highest BCUT2D eigenvalue weighted by Gasteiger charge is 2.13. The Kier molecular flexibility index (Phi) is 3.59. The molecule has 0 unspecified atom stereocenters. The van der Waals surface area contributed by atoms with Gasteiger partial charge in [0, 0.05) is 16.3 Å². The summed E-state index contributed by atoms with van der Waals surface area (Å²) in [6.07, 6.45) is 0. The maximum Gasteiger partial charge on any atom is 0.270 e. The van der Waals surface area contributed by atoms with E-state index in [2.05, 4.69) is 23.3 Å². The zero-order chi connectivity index (χ0) is 12.4. The quantitative estimate of drug-likeness (QED) is 0.926. The van der Waals surface area contributed by atoms with Crippen molar-refractivity contribution >= 4 is 28.6 Å². The number of nitrogens with one attached hydrogen (secondary N) is 1. The Balaban J connectivity index is 2.19. The number of rotatable bonds is 3. The SMILES string of the molecule is Cc1ccc(-c2nc(C(=O)NC(C)C)cs2)s1. The maximum atomic E-state index is 11.7. The molecule has 0 saturated carbocycles. The molecule has 5 heteroatoms. The smallest absolute Gasteiger partial charge is 0.270 e. The molecule has 0 saturated heterocycles. The molecule has 2 rings (SSSR count). The van der Waals surface area contributed by atoms with E-state index in [0.717, 1.165) is 9.88 Å². The van der Waals surface area contributed by atoms with Gasteiger partial charge in [0.2, 0.25) is 0 Å². The topological polar surface area (TPSA) is 42.0 Å². The molecule has 3 nitrogen and oxygen atoms in total. The number of hydrogen-bond donors (Lipinski definition) is 1. The molecule has 17 heavy (non-hydrogen) atoms. The standard InChI is InChI=1S/C12H14N2OS2/c1-7(2)13-11(15)9-6-16-12(14-9)10-5-4-8(3)17-10/h4-7H,1-3H3,(H,13,15). The van der Waals surface area contributed by atoms with Crippen molar-refractivity contribution < 1.29 is 4.79 Å². The van der Waals surface area contributed by atoms with Crippen LogP contribution in [0.1, 0.15) is 29.2 Å². The fourth-order valence-corrected chi connectivity index (χ4v) is 3.12. The maximum absolute atomic E-state index is 11.7. The Labute approximate surface area is 109 Å². The van der Waals surface area contributed by atoms with Crippen LogP contribution in [0.25, 0.3) is 9.88 Å². The highest BCUT2D eigenvalue weighted by molar-refractivity contribution is 7.21. The minimum Gasteiger partial charge on any atom is -0.349 e. The minimum atomic E-state index is -0.101. The Morgan fingerprint density at radius 3 is 2.76 bits per heavy atom. The van der Waals surface area contributed by atoms with Crippen LogP contribution in [0.15, 0.2) is 17.5 Å². The third kappa shape index (κ3) is 2.92. The monoisotopic (exact) mass is 266 g/mol. The summed E-state index contributed by atoms with van der Waals surface area (Å²) in [7, 11) is 0. The highest BCUT2D eigenvalue weighted by Crippen LogP contribution is 2.30. The zero-order valence-corrected chi connectivity index (χ0v) is 11.6. The van der Waals surface area contributed by atoms with Crippen molar-refractivity contribution in [2.45, 2.75) is 26.8 Å². The van der Waals surface area contributed by atoms with Gasteiger partial charge in [-0.05, 0) is 32.9 Å². The van der Waals surface area contributed by atoms with E-state index in [1.807, 2.05) is 25.3 Å². The van der Waals surface area contributed by atoms with Gasteiger partial charge in [0.25, 0.3) is 5.91 Å². The number of aromatic nitrogens is 1. The molecule has 0 radical (unpaired) electrons. The second-order valence-electron chi connectivity index (χ2n) is 4.08. The van der Waals surface area contributed by atoms with E-state index in [1.54, 1.807) is 11.3 Å². The number of thiophene rings is 1. The number of nitrogens with zero attached hydrogens (tertiary/aromatic N) is 1. The molecular formula is C12H14N2OS2. The van der Waals surface area contributed by atoms with Crippen LogP contribution in [0.4, 0.5) is 0 Å². The Morgan fingerprint density at radius 1 is 1.41 bits per heavy atom. The predicted molar refractivity (Wildman–Crippen MR) is 72.8 cm³/mol. The van der Waals surface area contributed by atoms with Gasteiger partial charge in [-0.3, -0.25) is 4.79 Å². The lowest BCUT2D eigenvalue weighted by atomic mass is 10.3. The van der Waals surface area contributed by atoms with Crippen LogP contribution >= 0.6 is 22.7 Å². The second kappa shape index (κ2) is 4.98. The van der Waals surface area contributed by atoms with E-state index < -0.39 is 0 Å². The first-order valence-corrected chi connectivity index (χ1v) is 7.09. The summed E-state index contributed by atoms with van der Waals surface area (Å²) >= 11 is 3.21. The van der Waals surface area contributed by atoms with E-state index in [-0.39, 0.29) is 11.9 Å². The van der Waals surface area contributed by atoms with Crippen LogP contribution in [0, 0.1) is 6.92 Å². The predicted octanol–water partition coefficient (Wildman–Crippen LogP) is 3.32. The summed E-state index contributed by atoms with van der Waals surface area (Å²) < 4.78 is 0. The van der Waals surface area contributed by atoms with Gasteiger partial charge in [-0.1, -0.05) is 0 Å². The normalized spacial score (nSPS) is 10.8. The summed E-state index contributed by atoms with van der Waals surface area (Å²) in [5, 5.41) is 5.56. The molecule has 2 heterocycles. The molecule has 0 spiro atoms. The Hall–Kier alpha value is -1.20. The average Bonchev–Trinajstić information content (AvgIpc) is 2.84. The van der Waals surface area contributed by atoms with Crippen molar-refractivity contribution in [3.05, 3.63) is 28.1 Å². The molecule has 2 aromatic heterocycles. The number of thiazole rings is 1. The van der Waals surface area contributed by atoms with E-state index >= 15 is 0 Å². The van der Waals surface area contributed by atoms with Gasteiger partial charge < -0.3 is 5.32 Å². The van der Waals surface area contributed by atoms with Gasteiger partial charge in [-0.25, -0.2) is 4.98 Å². The fourth-order valence-electron chi connectivity index (χ4n) is 1.38.